The van der Waals surface area contributed by atoms with E-state index >= 15 is 0 Å². The molecule has 2 aromatic carbocycles. The Labute approximate surface area is 136 Å². The van der Waals surface area contributed by atoms with Crippen molar-refractivity contribution in [3.63, 3.8) is 0 Å². The van der Waals surface area contributed by atoms with Gasteiger partial charge in [-0.2, -0.15) is 0 Å². The van der Waals surface area contributed by atoms with Crippen LogP contribution in [-0.4, -0.2) is 19.0 Å². The molecule has 0 atom stereocenters. The van der Waals surface area contributed by atoms with Crippen LogP contribution in [0, 0.1) is 6.92 Å². The summed E-state index contributed by atoms with van der Waals surface area (Å²) in [6.07, 6.45) is 0. The topological polar surface area (TPSA) is 78.5 Å². The Morgan fingerprint density at radius 2 is 1.91 bits per heavy atom. The maximum atomic E-state index is 12.4. The molecule has 1 amide bonds. The lowest BCUT2D eigenvalue weighted by Gasteiger charge is -2.13. The van der Waals surface area contributed by atoms with Gasteiger partial charge < -0.3 is 20.0 Å². The molecule has 0 heterocycles. The van der Waals surface area contributed by atoms with E-state index in [1.54, 1.807) is 31.2 Å². The van der Waals surface area contributed by atoms with E-state index in [1.165, 1.54) is 19.2 Å². The molecule has 2 aromatic rings. The number of aromatic carboxylic acids is 1. The van der Waals surface area contributed by atoms with E-state index < -0.39 is 11.9 Å². The van der Waals surface area contributed by atoms with Crippen LogP contribution in [-0.2, 0) is 0 Å². The summed E-state index contributed by atoms with van der Waals surface area (Å²) in [4.78, 5) is 23.3. The normalized spacial score (nSPS) is 10.1. The number of nitrogens with one attached hydrogen (secondary N) is 1. The van der Waals surface area contributed by atoms with Gasteiger partial charge in [-0.1, -0.05) is 28.1 Å². The number of hydrogen-bond acceptors (Lipinski definition) is 4. The van der Waals surface area contributed by atoms with Gasteiger partial charge in [0, 0.05) is 10.2 Å². The molecule has 0 saturated carbocycles. The average molecular weight is 363 g/mol. The number of halogens is 1. The second-order valence-corrected chi connectivity index (χ2v) is 5.53. The molecule has 0 bridgehead atoms. The highest BCUT2D eigenvalue weighted by molar-refractivity contribution is 9.10. The molecule has 1 N–H and O–H groups in total. The van der Waals surface area contributed by atoms with E-state index in [0.717, 1.165) is 10.0 Å². The van der Waals surface area contributed by atoms with Crippen molar-refractivity contribution in [1.29, 1.82) is 0 Å². The summed E-state index contributed by atoms with van der Waals surface area (Å²) in [6, 6.07) is 9.47. The van der Waals surface area contributed by atoms with Gasteiger partial charge in [-0.3, -0.25) is 4.79 Å². The molecule has 2 rings (SSSR count). The summed E-state index contributed by atoms with van der Waals surface area (Å²) < 4.78 is 5.90. The molecular weight excluding hydrogens is 350 g/mol. The molecular formula is C16H13BrNO4-. The Morgan fingerprint density at radius 3 is 2.55 bits per heavy atom. The van der Waals surface area contributed by atoms with E-state index in [9.17, 15) is 14.7 Å². The largest absolute Gasteiger partial charge is 0.545 e. The third kappa shape index (κ3) is 3.46. The van der Waals surface area contributed by atoms with Crippen molar-refractivity contribution in [2.45, 2.75) is 6.92 Å². The molecule has 0 fully saturated rings. The number of ether oxygens (including phenoxy) is 1. The summed E-state index contributed by atoms with van der Waals surface area (Å²) >= 11 is 3.30. The van der Waals surface area contributed by atoms with Crippen molar-refractivity contribution in [3.05, 3.63) is 57.6 Å². The smallest absolute Gasteiger partial charge is 0.259 e. The van der Waals surface area contributed by atoms with E-state index in [1.807, 2.05) is 0 Å². The fourth-order valence-corrected chi connectivity index (χ4v) is 2.29. The molecule has 0 aromatic heterocycles. The standard InChI is InChI=1S/C16H14BrNO4/c1-9-3-4-10(16(20)21)7-13(9)18-15(19)12-8-11(17)5-6-14(12)22-2/h3-8H,1-2H3,(H,18,19)(H,20,21)/p-1. The highest BCUT2D eigenvalue weighted by atomic mass is 79.9. The quantitative estimate of drug-likeness (QED) is 0.905. The minimum Gasteiger partial charge on any atom is -0.545 e. The zero-order valence-corrected chi connectivity index (χ0v) is 13.6. The number of hydrogen-bond donors (Lipinski definition) is 1. The zero-order chi connectivity index (χ0) is 16.3. The molecule has 0 aliphatic rings. The van der Waals surface area contributed by atoms with Crippen molar-refractivity contribution in [3.8, 4) is 5.75 Å². The number of carboxylic acid groups (broad SMARTS) is 1. The first-order valence-corrected chi connectivity index (χ1v) is 7.18. The van der Waals surface area contributed by atoms with Crippen LogP contribution in [0.15, 0.2) is 40.9 Å². The van der Waals surface area contributed by atoms with Crippen LogP contribution in [0.3, 0.4) is 0 Å². The van der Waals surface area contributed by atoms with Crippen molar-refractivity contribution in [1.82, 2.24) is 0 Å². The van der Waals surface area contributed by atoms with Crippen molar-refractivity contribution in [2.24, 2.45) is 0 Å². The zero-order valence-electron chi connectivity index (χ0n) is 12.0. The van der Waals surface area contributed by atoms with Crippen LogP contribution in [0.5, 0.6) is 5.75 Å². The summed E-state index contributed by atoms with van der Waals surface area (Å²) in [7, 11) is 1.47. The second-order valence-electron chi connectivity index (χ2n) is 4.62. The third-order valence-electron chi connectivity index (χ3n) is 3.13. The van der Waals surface area contributed by atoms with E-state index in [4.69, 9.17) is 4.74 Å². The molecule has 22 heavy (non-hydrogen) atoms. The van der Waals surface area contributed by atoms with Crippen LogP contribution >= 0.6 is 15.9 Å². The Kier molecular flexibility index (Phi) is 4.82. The predicted molar refractivity (Wildman–Crippen MR) is 84.2 cm³/mol. The molecule has 6 heteroatoms. The highest BCUT2D eigenvalue weighted by Crippen LogP contribution is 2.25. The predicted octanol–water partition coefficient (Wildman–Crippen LogP) is 2.38. The Morgan fingerprint density at radius 1 is 1.18 bits per heavy atom. The second kappa shape index (κ2) is 6.62. The Hall–Kier alpha value is -2.34. The van der Waals surface area contributed by atoms with Gasteiger partial charge >= 0.3 is 0 Å². The molecule has 5 nitrogen and oxygen atoms in total. The lowest BCUT2D eigenvalue weighted by Crippen LogP contribution is -2.22. The van der Waals surface area contributed by atoms with Gasteiger partial charge in [0.05, 0.1) is 18.6 Å². The first-order chi connectivity index (χ1) is 10.4. The van der Waals surface area contributed by atoms with Crippen molar-refractivity contribution >= 4 is 33.5 Å². The van der Waals surface area contributed by atoms with Gasteiger partial charge in [-0.15, -0.1) is 0 Å². The van der Waals surface area contributed by atoms with Gasteiger partial charge in [-0.25, -0.2) is 0 Å². The molecule has 0 aliphatic heterocycles. The van der Waals surface area contributed by atoms with Crippen LogP contribution in [0.2, 0.25) is 0 Å². The molecule has 0 spiro atoms. The number of anilines is 1. The minimum atomic E-state index is -1.30. The van der Waals surface area contributed by atoms with Crippen LogP contribution < -0.4 is 15.2 Å². The van der Waals surface area contributed by atoms with E-state index in [-0.39, 0.29) is 5.56 Å². The van der Waals surface area contributed by atoms with Crippen LogP contribution in [0.4, 0.5) is 5.69 Å². The molecule has 0 saturated heterocycles. The molecule has 0 unspecified atom stereocenters. The van der Waals surface area contributed by atoms with Crippen LogP contribution in [0.25, 0.3) is 0 Å². The van der Waals surface area contributed by atoms with Gasteiger partial charge in [-0.05, 0) is 42.3 Å². The first kappa shape index (κ1) is 16.0. The van der Waals surface area contributed by atoms with Gasteiger partial charge in [0.15, 0.2) is 0 Å². The summed E-state index contributed by atoms with van der Waals surface area (Å²) in [6.45, 7) is 1.77. The molecule has 0 radical (unpaired) electrons. The average Bonchev–Trinajstić information content (AvgIpc) is 2.49. The number of amides is 1. The minimum absolute atomic E-state index is 0.00195. The lowest BCUT2D eigenvalue weighted by atomic mass is 10.1. The summed E-state index contributed by atoms with van der Waals surface area (Å²) in [5.41, 5.74) is 1.50. The van der Waals surface area contributed by atoms with Crippen molar-refractivity contribution < 1.29 is 19.4 Å². The fourth-order valence-electron chi connectivity index (χ4n) is 1.93. The molecule has 114 valence electrons. The van der Waals surface area contributed by atoms with Gasteiger partial charge in [0.25, 0.3) is 5.91 Å². The SMILES string of the molecule is COc1ccc(Br)cc1C(=O)Nc1cc(C(=O)[O-])ccc1C. The lowest BCUT2D eigenvalue weighted by molar-refractivity contribution is -0.255. The van der Waals surface area contributed by atoms with Gasteiger partial charge in [0.1, 0.15) is 5.75 Å². The Bertz CT molecular complexity index is 743. The molecule has 0 aliphatic carbocycles. The van der Waals surface area contributed by atoms with Crippen LogP contribution in [0.1, 0.15) is 26.3 Å². The summed E-state index contributed by atoms with van der Waals surface area (Å²) in [5, 5.41) is 13.6. The number of carbonyl (C=O) groups excluding carboxylic acids is 2. The maximum Gasteiger partial charge on any atom is 0.259 e. The number of benzene rings is 2. The number of methoxy groups -OCH3 is 1. The van der Waals surface area contributed by atoms with Gasteiger partial charge in [0.2, 0.25) is 0 Å². The highest BCUT2D eigenvalue weighted by Gasteiger charge is 2.14. The Balaban J connectivity index is 2.35. The number of carbonyl (C=O) groups is 2. The van der Waals surface area contributed by atoms with E-state index in [0.29, 0.717) is 17.0 Å². The third-order valence-corrected chi connectivity index (χ3v) is 3.62. The number of carboxylic acids is 1. The maximum absolute atomic E-state index is 12.4. The van der Waals surface area contributed by atoms with E-state index in [2.05, 4.69) is 21.2 Å². The number of aryl methyl sites for hydroxylation is 1. The fraction of sp³-hybridized carbons (Fsp3) is 0.125. The first-order valence-electron chi connectivity index (χ1n) is 6.39. The van der Waals surface area contributed by atoms with Crippen molar-refractivity contribution in [2.75, 3.05) is 12.4 Å². The monoisotopic (exact) mass is 362 g/mol. The number of rotatable bonds is 4. The summed E-state index contributed by atoms with van der Waals surface area (Å²) in [5.74, 6) is -1.26.